The molecule has 1 aliphatic heterocycles. The SMILES string of the molecule is CC(C)(C)OC(=O)N1CC2CCC(C1)C2(C(C)(C)C)C(C)(C)C. The number of ether oxygens (including phenoxy) is 1. The van der Waals surface area contributed by atoms with Gasteiger partial charge in [-0.25, -0.2) is 4.79 Å². The van der Waals surface area contributed by atoms with E-state index in [1.807, 2.05) is 25.7 Å². The molecule has 0 aromatic rings. The second-order valence-corrected chi connectivity index (χ2v) is 10.7. The van der Waals surface area contributed by atoms with Gasteiger partial charge in [-0.05, 0) is 61.7 Å². The van der Waals surface area contributed by atoms with Gasteiger partial charge in [0.2, 0.25) is 0 Å². The number of hydrogen-bond acceptors (Lipinski definition) is 2. The van der Waals surface area contributed by atoms with E-state index in [2.05, 4.69) is 41.5 Å². The fourth-order valence-electron chi connectivity index (χ4n) is 6.32. The monoisotopic (exact) mass is 323 g/mol. The standard InChI is InChI=1S/C20H37NO2/c1-17(2,3)20(18(4,5)6)14-10-11-15(20)13-21(12-14)16(22)23-19(7,8)9/h14-15H,10-13H2,1-9H3. The lowest BCUT2D eigenvalue weighted by atomic mass is 9.45. The number of likely N-dealkylation sites (tertiary alicyclic amines) is 1. The molecular weight excluding hydrogens is 286 g/mol. The molecule has 0 aromatic heterocycles. The Hall–Kier alpha value is -0.730. The van der Waals surface area contributed by atoms with E-state index in [1.165, 1.54) is 12.8 Å². The zero-order valence-electron chi connectivity index (χ0n) is 16.7. The Balaban J connectivity index is 2.30. The van der Waals surface area contributed by atoms with Crippen molar-refractivity contribution < 1.29 is 9.53 Å². The maximum Gasteiger partial charge on any atom is 0.410 e. The molecule has 2 aliphatic rings. The second-order valence-electron chi connectivity index (χ2n) is 10.7. The van der Waals surface area contributed by atoms with E-state index >= 15 is 0 Å². The Morgan fingerprint density at radius 1 is 0.870 bits per heavy atom. The average Bonchev–Trinajstić information content (AvgIpc) is 2.52. The first-order valence-corrected chi connectivity index (χ1v) is 9.18. The minimum atomic E-state index is -0.418. The summed E-state index contributed by atoms with van der Waals surface area (Å²) in [6, 6.07) is 0. The Labute approximate surface area is 143 Å². The minimum Gasteiger partial charge on any atom is -0.444 e. The van der Waals surface area contributed by atoms with E-state index in [9.17, 15) is 4.79 Å². The highest BCUT2D eigenvalue weighted by Gasteiger charge is 2.64. The highest BCUT2D eigenvalue weighted by Crippen LogP contribution is 2.68. The number of carbonyl (C=O) groups is 1. The van der Waals surface area contributed by atoms with Crippen molar-refractivity contribution in [2.24, 2.45) is 28.1 Å². The third-order valence-corrected chi connectivity index (χ3v) is 6.17. The molecule has 2 rings (SSSR count). The first-order valence-electron chi connectivity index (χ1n) is 9.18. The fourth-order valence-corrected chi connectivity index (χ4v) is 6.32. The lowest BCUT2D eigenvalue weighted by Crippen LogP contribution is -2.61. The van der Waals surface area contributed by atoms with Crippen molar-refractivity contribution >= 4 is 6.09 Å². The molecule has 2 fully saturated rings. The van der Waals surface area contributed by atoms with Gasteiger partial charge < -0.3 is 9.64 Å². The molecule has 0 N–H and O–H groups in total. The predicted octanol–water partition coefficient (Wildman–Crippen LogP) is 5.34. The maximum atomic E-state index is 12.5. The molecule has 23 heavy (non-hydrogen) atoms. The van der Waals surface area contributed by atoms with Crippen LogP contribution in [0.25, 0.3) is 0 Å². The van der Waals surface area contributed by atoms with Crippen LogP contribution in [0.4, 0.5) is 4.79 Å². The van der Waals surface area contributed by atoms with E-state index in [4.69, 9.17) is 4.74 Å². The molecule has 0 radical (unpaired) electrons. The predicted molar refractivity (Wildman–Crippen MR) is 95.4 cm³/mol. The van der Waals surface area contributed by atoms with Crippen molar-refractivity contribution in [1.29, 1.82) is 0 Å². The summed E-state index contributed by atoms with van der Waals surface area (Å²) < 4.78 is 5.63. The number of carbonyl (C=O) groups excluding carboxylic acids is 1. The average molecular weight is 324 g/mol. The van der Waals surface area contributed by atoms with Gasteiger partial charge in [-0.3, -0.25) is 0 Å². The van der Waals surface area contributed by atoms with Crippen LogP contribution in [0.15, 0.2) is 0 Å². The fraction of sp³-hybridized carbons (Fsp3) is 0.950. The van der Waals surface area contributed by atoms with E-state index in [1.54, 1.807) is 0 Å². The van der Waals surface area contributed by atoms with E-state index in [0.29, 0.717) is 11.8 Å². The van der Waals surface area contributed by atoms with E-state index < -0.39 is 5.60 Å². The number of rotatable bonds is 0. The summed E-state index contributed by atoms with van der Waals surface area (Å²) in [5.41, 5.74) is 0.325. The Morgan fingerprint density at radius 3 is 1.57 bits per heavy atom. The van der Waals surface area contributed by atoms with Gasteiger partial charge in [0.1, 0.15) is 5.60 Å². The zero-order valence-corrected chi connectivity index (χ0v) is 16.7. The largest absolute Gasteiger partial charge is 0.444 e. The van der Waals surface area contributed by atoms with Gasteiger partial charge in [0.05, 0.1) is 0 Å². The van der Waals surface area contributed by atoms with Crippen LogP contribution in [-0.4, -0.2) is 29.7 Å². The zero-order chi connectivity index (χ0) is 17.8. The van der Waals surface area contributed by atoms with E-state index in [0.717, 1.165) is 13.1 Å². The molecule has 0 spiro atoms. The first kappa shape index (κ1) is 18.6. The summed E-state index contributed by atoms with van der Waals surface area (Å²) in [7, 11) is 0. The molecule has 2 atom stereocenters. The molecule has 2 unspecified atom stereocenters. The third-order valence-electron chi connectivity index (χ3n) is 6.17. The number of piperidine rings is 1. The molecule has 1 heterocycles. The van der Waals surface area contributed by atoms with Crippen LogP contribution >= 0.6 is 0 Å². The summed E-state index contributed by atoms with van der Waals surface area (Å²) in [5.74, 6) is 1.13. The molecule has 1 amide bonds. The van der Waals surface area contributed by atoms with Crippen LogP contribution in [0.5, 0.6) is 0 Å². The number of fused-ring (bicyclic) bond motifs is 2. The summed E-state index contributed by atoms with van der Waals surface area (Å²) in [6.45, 7) is 21.9. The number of nitrogens with zero attached hydrogens (tertiary/aromatic N) is 1. The van der Waals surface area contributed by atoms with Crippen molar-refractivity contribution in [3.8, 4) is 0 Å². The first-order chi connectivity index (χ1) is 10.2. The molecule has 3 heteroatoms. The lowest BCUT2D eigenvalue weighted by Gasteiger charge is -2.62. The number of amides is 1. The topological polar surface area (TPSA) is 29.5 Å². The van der Waals surface area contributed by atoms with Crippen LogP contribution in [0.2, 0.25) is 0 Å². The molecular formula is C20H37NO2. The smallest absolute Gasteiger partial charge is 0.410 e. The van der Waals surface area contributed by atoms with Gasteiger partial charge in [0.25, 0.3) is 0 Å². The molecule has 3 nitrogen and oxygen atoms in total. The van der Waals surface area contributed by atoms with Crippen molar-refractivity contribution in [3.63, 3.8) is 0 Å². The van der Waals surface area contributed by atoms with Crippen LogP contribution in [-0.2, 0) is 4.74 Å². The lowest BCUT2D eigenvalue weighted by molar-refractivity contribution is -0.139. The Kier molecular flexibility index (Phi) is 4.36. The summed E-state index contributed by atoms with van der Waals surface area (Å²) >= 11 is 0. The van der Waals surface area contributed by atoms with Crippen molar-refractivity contribution in [1.82, 2.24) is 4.90 Å². The second kappa shape index (κ2) is 5.39. The molecule has 1 saturated carbocycles. The summed E-state index contributed by atoms with van der Waals surface area (Å²) in [4.78, 5) is 14.5. The highest BCUT2D eigenvalue weighted by atomic mass is 16.6. The van der Waals surface area contributed by atoms with Crippen LogP contribution in [0.1, 0.15) is 75.2 Å². The maximum absolute atomic E-state index is 12.5. The van der Waals surface area contributed by atoms with Crippen molar-refractivity contribution in [3.05, 3.63) is 0 Å². The van der Waals surface area contributed by atoms with Gasteiger partial charge in [-0.1, -0.05) is 41.5 Å². The number of hydrogen-bond donors (Lipinski definition) is 0. The van der Waals surface area contributed by atoms with Crippen molar-refractivity contribution in [2.45, 2.75) is 80.8 Å². The minimum absolute atomic E-state index is 0.134. The van der Waals surface area contributed by atoms with E-state index in [-0.39, 0.29) is 22.3 Å². The van der Waals surface area contributed by atoms with Gasteiger partial charge in [0.15, 0.2) is 0 Å². The molecule has 0 aromatic carbocycles. The van der Waals surface area contributed by atoms with Gasteiger partial charge >= 0.3 is 6.09 Å². The summed E-state index contributed by atoms with van der Waals surface area (Å²) in [5, 5.41) is 0. The Morgan fingerprint density at radius 2 is 1.26 bits per heavy atom. The quantitative estimate of drug-likeness (QED) is 0.602. The van der Waals surface area contributed by atoms with Crippen molar-refractivity contribution in [2.75, 3.05) is 13.1 Å². The Bertz CT molecular complexity index is 432. The molecule has 134 valence electrons. The highest BCUT2D eigenvalue weighted by molar-refractivity contribution is 5.68. The normalized spacial score (nSPS) is 28.0. The van der Waals surface area contributed by atoms with Crippen LogP contribution in [0, 0.1) is 28.1 Å². The molecule has 2 bridgehead atoms. The third kappa shape index (κ3) is 3.00. The van der Waals surface area contributed by atoms with Gasteiger partial charge in [-0.15, -0.1) is 0 Å². The van der Waals surface area contributed by atoms with Gasteiger partial charge in [-0.2, -0.15) is 0 Å². The molecule has 1 saturated heterocycles. The summed E-state index contributed by atoms with van der Waals surface area (Å²) in [6.07, 6.45) is 2.34. The van der Waals surface area contributed by atoms with Crippen LogP contribution < -0.4 is 0 Å². The van der Waals surface area contributed by atoms with Crippen LogP contribution in [0.3, 0.4) is 0 Å². The molecule has 1 aliphatic carbocycles. The van der Waals surface area contributed by atoms with Gasteiger partial charge in [0, 0.05) is 13.1 Å².